The van der Waals surface area contributed by atoms with Crippen LogP contribution in [0.2, 0.25) is 0 Å². The Balaban J connectivity index is 1.84. The molecule has 2 N–H and O–H groups in total. The Labute approximate surface area is 108 Å². The fourth-order valence-electron chi connectivity index (χ4n) is 2.38. The van der Waals surface area contributed by atoms with E-state index in [1.54, 1.807) is 11.3 Å². The third kappa shape index (κ3) is 3.50. The van der Waals surface area contributed by atoms with E-state index in [4.69, 9.17) is 5.73 Å². The van der Waals surface area contributed by atoms with Gasteiger partial charge in [-0.05, 0) is 45.3 Å². The van der Waals surface area contributed by atoms with Crippen LogP contribution in [0, 0.1) is 5.92 Å². The van der Waals surface area contributed by atoms with Gasteiger partial charge in [0.05, 0.1) is 10.7 Å². The van der Waals surface area contributed by atoms with Crippen LogP contribution in [0.15, 0.2) is 5.38 Å². The molecule has 96 valence electrons. The van der Waals surface area contributed by atoms with E-state index in [9.17, 15) is 0 Å². The molecule has 4 heteroatoms. The Bertz CT molecular complexity index is 340. The van der Waals surface area contributed by atoms with Gasteiger partial charge in [0.1, 0.15) is 0 Å². The van der Waals surface area contributed by atoms with E-state index in [1.807, 2.05) is 6.92 Å². The first-order valence-electron chi connectivity index (χ1n) is 6.61. The first kappa shape index (κ1) is 13.0. The third-order valence-corrected chi connectivity index (χ3v) is 4.54. The maximum Gasteiger partial charge on any atom is 0.0931 e. The molecule has 1 atom stereocenters. The molecule has 3 nitrogen and oxygen atoms in total. The normalized spacial score (nSPS) is 20.6. The molecule has 0 aliphatic carbocycles. The molecule has 1 aliphatic rings. The molecule has 0 spiro atoms. The lowest BCUT2D eigenvalue weighted by Gasteiger charge is -2.30. The zero-order valence-electron chi connectivity index (χ0n) is 10.9. The van der Waals surface area contributed by atoms with E-state index in [-0.39, 0.29) is 6.04 Å². The lowest BCUT2D eigenvalue weighted by atomic mass is 9.94. The van der Waals surface area contributed by atoms with Crippen LogP contribution in [-0.2, 0) is 6.42 Å². The Morgan fingerprint density at radius 3 is 2.76 bits per heavy atom. The molecular formula is C13H23N3S. The van der Waals surface area contributed by atoms with E-state index in [1.165, 1.54) is 37.5 Å². The summed E-state index contributed by atoms with van der Waals surface area (Å²) in [4.78, 5) is 7.16. The molecule has 1 aliphatic heterocycles. The number of rotatable bonds is 4. The van der Waals surface area contributed by atoms with Crippen molar-refractivity contribution in [3.05, 3.63) is 16.1 Å². The average Bonchev–Trinajstić information content (AvgIpc) is 2.79. The van der Waals surface area contributed by atoms with Crippen molar-refractivity contribution in [3.8, 4) is 0 Å². The summed E-state index contributed by atoms with van der Waals surface area (Å²) < 4.78 is 0. The highest BCUT2D eigenvalue weighted by Gasteiger charge is 2.19. The van der Waals surface area contributed by atoms with Crippen LogP contribution >= 0.6 is 11.3 Å². The predicted octanol–water partition coefficient (Wildman–Crippen LogP) is 2.44. The van der Waals surface area contributed by atoms with Crippen molar-refractivity contribution in [2.45, 2.75) is 39.2 Å². The molecule has 2 rings (SSSR count). The van der Waals surface area contributed by atoms with Gasteiger partial charge in [-0.15, -0.1) is 11.3 Å². The van der Waals surface area contributed by atoms with Gasteiger partial charge in [-0.3, -0.25) is 0 Å². The van der Waals surface area contributed by atoms with Crippen molar-refractivity contribution in [1.29, 1.82) is 0 Å². The Morgan fingerprint density at radius 2 is 2.24 bits per heavy atom. The fraction of sp³-hybridized carbons (Fsp3) is 0.769. The van der Waals surface area contributed by atoms with Crippen molar-refractivity contribution in [3.63, 3.8) is 0 Å². The van der Waals surface area contributed by atoms with Crippen molar-refractivity contribution in [2.24, 2.45) is 11.7 Å². The molecule has 0 saturated carbocycles. The second-order valence-corrected chi connectivity index (χ2v) is 5.98. The summed E-state index contributed by atoms with van der Waals surface area (Å²) in [7, 11) is 0. The zero-order valence-corrected chi connectivity index (χ0v) is 11.7. The second kappa shape index (κ2) is 5.94. The van der Waals surface area contributed by atoms with Crippen molar-refractivity contribution < 1.29 is 0 Å². The topological polar surface area (TPSA) is 42.2 Å². The number of thiazole rings is 1. The predicted molar refractivity (Wildman–Crippen MR) is 73.3 cm³/mol. The molecule has 17 heavy (non-hydrogen) atoms. The summed E-state index contributed by atoms with van der Waals surface area (Å²) in [6.45, 7) is 7.95. The largest absolute Gasteiger partial charge is 0.323 e. The van der Waals surface area contributed by atoms with Crippen LogP contribution < -0.4 is 5.73 Å². The summed E-state index contributed by atoms with van der Waals surface area (Å²) in [6.07, 6.45) is 3.79. The molecule has 2 heterocycles. The first-order valence-corrected chi connectivity index (χ1v) is 7.49. The Morgan fingerprint density at radius 1 is 1.53 bits per heavy atom. The molecule has 0 bridgehead atoms. The summed E-state index contributed by atoms with van der Waals surface area (Å²) >= 11 is 1.77. The van der Waals surface area contributed by atoms with Crippen LogP contribution in [0.25, 0.3) is 0 Å². The van der Waals surface area contributed by atoms with Gasteiger partial charge in [0.25, 0.3) is 0 Å². The van der Waals surface area contributed by atoms with Gasteiger partial charge < -0.3 is 10.6 Å². The molecule has 1 aromatic rings. The molecule has 0 radical (unpaired) electrons. The van der Waals surface area contributed by atoms with Gasteiger partial charge in [0.15, 0.2) is 0 Å². The van der Waals surface area contributed by atoms with E-state index in [0.29, 0.717) is 0 Å². The van der Waals surface area contributed by atoms with Crippen molar-refractivity contribution in [2.75, 3.05) is 19.6 Å². The number of hydrogen-bond acceptors (Lipinski definition) is 4. The maximum absolute atomic E-state index is 5.83. The van der Waals surface area contributed by atoms with Gasteiger partial charge in [-0.2, -0.15) is 0 Å². The average molecular weight is 253 g/mol. The Kier molecular flexibility index (Phi) is 4.54. The minimum Gasteiger partial charge on any atom is -0.323 e. The van der Waals surface area contributed by atoms with Crippen LogP contribution in [0.3, 0.4) is 0 Å². The van der Waals surface area contributed by atoms with Crippen LogP contribution in [-0.4, -0.2) is 29.5 Å². The van der Waals surface area contributed by atoms with Crippen molar-refractivity contribution in [1.82, 2.24) is 9.88 Å². The summed E-state index contributed by atoms with van der Waals surface area (Å²) in [6, 6.07) is 0.0712. The molecular weight excluding hydrogens is 230 g/mol. The van der Waals surface area contributed by atoms with Gasteiger partial charge in [0, 0.05) is 17.8 Å². The van der Waals surface area contributed by atoms with E-state index >= 15 is 0 Å². The quantitative estimate of drug-likeness (QED) is 0.896. The maximum atomic E-state index is 5.83. The SMILES string of the molecule is CCN1CCC(Cc2nc(C(C)N)cs2)CC1. The molecule has 1 saturated heterocycles. The van der Waals surface area contributed by atoms with E-state index in [2.05, 4.69) is 22.2 Å². The molecule has 1 unspecified atom stereocenters. The summed E-state index contributed by atoms with van der Waals surface area (Å²) in [5.41, 5.74) is 6.89. The lowest BCUT2D eigenvalue weighted by Crippen LogP contribution is -2.34. The van der Waals surface area contributed by atoms with Gasteiger partial charge in [-0.1, -0.05) is 6.92 Å². The standard InChI is InChI=1S/C13H23N3S/c1-3-16-6-4-11(5-7-16)8-13-15-12(9-17-13)10(2)14/h9-11H,3-8,14H2,1-2H3. The Hall–Kier alpha value is -0.450. The highest BCUT2D eigenvalue weighted by molar-refractivity contribution is 7.09. The monoisotopic (exact) mass is 253 g/mol. The first-order chi connectivity index (χ1) is 8.19. The molecule has 0 amide bonds. The number of hydrogen-bond donors (Lipinski definition) is 1. The lowest BCUT2D eigenvalue weighted by molar-refractivity contribution is 0.192. The van der Waals surface area contributed by atoms with Crippen LogP contribution in [0.1, 0.15) is 43.4 Å². The van der Waals surface area contributed by atoms with Gasteiger partial charge in [0.2, 0.25) is 0 Å². The summed E-state index contributed by atoms with van der Waals surface area (Å²) in [5.74, 6) is 0.824. The number of nitrogens with two attached hydrogens (primary N) is 1. The minimum absolute atomic E-state index is 0.0712. The smallest absolute Gasteiger partial charge is 0.0931 e. The second-order valence-electron chi connectivity index (χ2n) is 5.04. The van der Waals surface area contributed by atoms with Crippen LogP contribution in [0.5, 0.6) is 0 Å². The summed E-state index contributed by atoms with van der Waals surface area (Å²) in [5, 5.41) is 3.38. The highest BCUT2D eigenvalue weighted by atomic mass is 32.1. The molecule has 0 aromatic carbocycles. The van der Waals surface area contributed by atoms with E-state index in [0.717, 1.165) is 18.0 Å². The van der Waals surface area contributed by atoms with Crippen molar-refractivity contribution >= 4 is 11.3 Å². The highest BCUT2D eigenvalue weighted by Crippen LogP contribution is 2.24. The number of nitrogens with zero attached hydrogens (tertiary/aromatic N) is 2. The zero-order chi connectivity index (χ0) is 12.3. The molecule has 1 aromatic heterocycles. The van der Waals surface area contributed by atoms with Crippen LogP contribution in [0.4, 0.5) is 0 Å². The van der Waals surface area contributed by atoms with E-state index < -0.39 is 0 Å². The molecule has 1 fully saturated rings. The number of likely N-dealkylation sites (tertiary alicyclic amines) is 1. The minimum atomic E-state index is 0.0712. The third-order valence-electron chi connectivity index (χ3n) is 3.65. The van der Waals surface area contributed by atoms with Gasteiger partial charge in [-0.25, -0.2) is 4.98 Å². The van der Waals surface area contributed by atoms with Gasteiger partial charge >= 0.3 is 0 Å². The number of aromatic nitrogens is 1. The fourth-order valence-corrected chi connectivity index (χ4v) is 3.40. The number of piperidine rings is 1.